The largest absolute Gasteiger partial charge is 0.480 e. The first kappa shape index (κ1) is 16.9. The number of aromatic amines is 1. The summed E-state index contributed by atoms with van der Waals surface area (Å²) in [6, 6.07) is 6.84. The van der Waals surface area contributed by atoms with Gasteiger partial charge in [0, 0.05) is 17.1 Å². The number of carboxylic acid groups (broad SMARTS) is 1. The number of alkyl carbamates (subject to hydrolysis) is 1. The van der Waals surface area contributed by atoms with E-state index in [2.05, 4.69) is 10.3 Å². The molecule has 1 aromatic heterocycles. The number of aromatic nitrogens is 1. The summed E-state index contributed by atoms with van der Waals surface area (Å²) < 4.78 is 5.11. The van der Waals surface area contributed by atoms with Gasteiger partial charge in [-0.2, -0.15) is 0 Å². The van der Waals surface area contributed by atoms with E-state index in [-0.39, 0.29) is 6.42 Å². The Bertz CT molecular complexity index is 700. The molecule has 0 aliphatic carbocycles. The van der Waals surface area contributed by atoms with Crippen molar-refractivity contribution in [3.63, 3.8) is 0 Å². The fourth-order valence-electron chi connectivity index (χ4n) is 2.35. The van der Waals surface area contributed by atoms with Gasteiger partial charge in [-0.25, -0.2) is 9.59 Å². The zero-order chi connectivity index (χ0) is 17.0. The van der Waals surface area contributed by atoms with Gasteiger partial charge in [-0.3, -0.25) is 0 Å². The van der Waals surface area contributed by atoms with Crippen molar-refractivity contribution in [1.29, 1.82) is 0 Å². The fraction of sp³-hybridized carbons (Fsp3) is 0.412. The second-order valence-corrected chi connectivity index (χ2v) is 6.44. The molecule has 1 amide bonds. The van der Waals surface area contributed by atoms with Gasteiger partial charge >= 0.3 is 12.1 Å². The number of carbonyl (C=O) groups is 2. The van der Waals surface area contributed by atoms with Crippen molar-refractivity contribution in [2.24, 2.45) is 0 Å². The summed E-state index contributed by atoms with van der Waals surface area (Å²) in [7, 11) is 0. The van der Waals surface area contributed by atoms with Crippen LogP contribution < -0.4 is 5.32 Å². The van der Waals surface area contributed by atoms with Gasteiger partial charge in [0.25, 0.3) is 0 Å². The molecule has 0 bridgehead atoms. The Kier molecular flexibility index (Phi) is 4.93. The molecule has 2 rings (SSSR count). The van der Waals surface area contributed by atoms with Crippen LogP contribution in [-0.4, -0.2) is 33.8 Å². The van der Waals surface area contributed by atoms with Crippen molar-refractivity contribution in [3.05, 3.63) is 36.0 Å². The van der Waals surface area contributed by atoms with Crippen LogP contribution in [0.2, 0.25) is 0 Å². The summed E-state index contributed by atoms with van der Waals surface area (Å²) in [4.78, 5) is 26.2. The first-order valence-corrected chi connectivity index (χ1v) is 7.53. The number of nitrogens with one attached hydrogen (secondary N) is 2. The van der Waals surface area contributed by atoms with E-state index in [1.165, 1.54) is 0 Å². The van der Waals surface area contributed by atoms with E-state index in [4.69, 9.17) is 4.74 Å². The van der Waals surface area contributed by atoms with Crippen molar-refractivity contribution in [1.82, 2.24) is 10.3 Å². The standard InChI is InChI=1S/C17H22N2O4/c1-17(2,3)23-16(22)19-14(15(20)21)9-8-11-10-18-13-7-5-4-6-12(11)13/h4-7,10,14,18H,8-9H2,1-3H3,(H,19,22)(H,20,21). The van der Waals surface area contributed by atoms with Gasteiger partial charge in [0.05, 0.1) is 0 Å². The molecule has 1 atom stereocenters. The SMILES string of the molecule is CC(C)(C)OC(=O)NC(CCc1c[nH]c2ccccc12)C(=O)O. The van der Waals surface area contributed by atoms with E-state index >= 15 is 0 Å². The Morgan fingerprint density at radius 2 is 2.00 bits per heavy atom. The Hall–Kier alpha value is -2.50. The highest BCUT2D eigenvalue weighted by molar-refractivity contribution is 5.83. The van der Waals surface area contributed by atoms with Crippen LogP contribution in [0.25, 0.3) is 10.9 Å². The number of fused-ring (bicyclic) bond motifs is 1. The molecule has 0 spiro atoms. The second-order valence-electron chi connectivity index (χ2n) is 6.44. The molecule has 124 valence electrons. The third-order valence-electron chi connectivity index (χ3n) is 3.37. The molecule has 6 heteroatoms. The lowest BCUT2D eigenvalue weighted by molar-refractivity contribution is -0.139. The molecule has 0 saturated carbocycles. The van der Waals surface area contributed by atoms with Gasteiger partial charge in [0.2, 0.25) is 0 Å². The number of aryl methyl sites for hydroxylation is 1. The van der Waals surface area contributed by atoms with Crippen LogP contribution in [-0.2, 0) is 16.0 Å². The zero-order valence-corrected chi connectivity index (χ0v) is 13.6. The maximum Gasteiger partial charge on any atom is 0.408 e. The quantitative estimate of drug-likeness (QED) is 0.790. The number of amides is 1. The van der Waals surface area contributed by atoms with Gasteiger partial charge in [-0.15, -0.1) is 0 Å². The van der Waals surface area contributed by atoms with Crippen LogP contribution in [0.3, 0.4) is 0 Å². The molecule has 0 fully saturated rings. The summed E-state index contributed by atoms with van der Waals surface area (Å²) in [6.07, 6.45) is 1.98. The second kappa shape index (κ2) is 6.73. The van der Waals surface area contributed by atoms with Crippen molar-refractivity contribution in [2.45, 2.75) is 45.3 Å². The predicted molar refractivity (Wildman–Crippen MR) is 87.4 cm³/mol. The summed E-state index contributed by atoms with van der Waals surface area (Å²) in [5, 5.41) is 12.8. The van der Waals surface area contributed by atoms with Gasteiger partial charge in [-0.05, 0) is 45.2 Å². The Morgan fingerprint density at radius 3 is 2.65 bits per heavy atom. The smallest absolute Gasteiger partial charge is 0.408 e. The van der Waals surface area contributed by atoms with E-state index in [0.29, 0.717) is 6.42 Å². The van der Waals surface area contributed by atoms with Crippen LogP contribution in [0.5, 0.6) is 0 Å². The lowest BCUT2D eigenvalue weighted by Gasteiger charge is -2.22. The molecular formula is C17H22N2O4. The van der Waals surface area contributed by atoms with Crippen molar-refractivity contribution in [3.8, 4) is 0 Å². The summed E-state index contributed by atoms with van der Waals surface area (Å²) in [5.74, 6) is -1.07. The van der Waals surface area contributed by atoms with Gasteiger partial charge in [0.15, 0.2) is 0 Å². The number of carboxylic acids is 1. The van der Waals surface area contributed by atoms with Crippen LogP contribution in [0.4, 0.5) is 4.79 Å². The maximum absolute atomic E-state index is 11.7. The number of hydrogen-bond donors (Lipinski definition) is 3. The van der Waals surface area contributed by atoms with E-state index in [1.54, 1.807) is 20.8 Å². The summed E-state index contributed by atoms with van der Waals surface area (Å²) in [5.41, 5.74) is 1.37. The number of rotatable bonds is 5. The van der Waals surface area contributed by atoms with Crippen LogP contribution in [0.1, 0.15) is 32.8 Å². The molecule has 23 heavy (non-hydrogen) atoms. The minimum atomic E-state index is -1.07. The zero-order valence-electron chi connectivity index (χ0n) is 13.6. The molecule has 6 nitrogen and oxygen atoms in total. The molecule has 1 aromatic carbocycles. The van der Waals surface area contributed by atoms with Gasteiger partial charge < -0.3 is 20.1 Å². The summed E-state index contributed by atoms with van der Waals surface area (Å²) in [6.45, 7) is 5.19. The molecule has 1 unspecified atom stereocenters. The molecule has 2 aromatic rings. The molecule has 0 radical (unpaired) electrons. The van der Waals surface area contributed by atoms with E-state index in [1.807, 2.05) is 30.5 Å². The maximum atomic E-state index is 11.7. The Morgan fingerprint density at radius 1 is 1.30 bits per heavy atom. The number of para-hydroxylation sites is 1. The van der Waals surface area contributed by atoms with Crippen molar-refractivity contribution in [2.75, 3.05) is 0 Å². The minimum absolute atomic E-state index is 0.288. The van der Waals surface area contributed by atoms with E-state index in [0.717, 1.165) is 16.5 Å². The average molecular weight is 318 g/mol. The normalized spacial score (nSPS) is 12.8. The van der Waals surface area contributed by atoms with E-state index < -0.39 is 23.7 Å². The van der Waals surface area contributed by atoms with Crippen molar-refractivity contribution >= 4 is 23.0 Å². The molecule has 0 aliphatic heterocycles. The first-order chi connectivity index (χ1) is 10.8. The average Bonchev–Trinajstić information content (AvgIpc) is 2.84. The number of H-pyrrole nitrogens is 1. The molecule has 0 aliphatic rings. The monoisotopic (exact) mass is 318 g/mol. The third kappa shape index (κ3) is 4.74. The highest BCUT2D eigenvalue weighted by Crippen LogP contribution is 2.19. The number of hydrogen-bond acceptors (Lipinski definition) is 3. The Labute approximate surface area is 134 Å². The minimum Gasteiger partial charge on any atom is -0.480 e. The lowest BCUT2D eigenvalue weighted by Crippen LogP contribution is -2.43. The highest BCUT2D eigenvalue weighted by atomic mass is 16.6. The lowest BCUT2D eigenvalue weighted by atomic mass is 10.0. The van der Waals surface area contributed by atoms with Crippen LogP contribution in [0, 0.1) is 0 Å². The van der Waals surface area contributed by atoms with Crippen LogP contribution >= 0.6 is 0 Å². The highest BCUT2D eigenvalue weighted by Gasteiger charge is 2.24. The fourth-order valence-corrected chi connectivity index (χ4v) is 2.35. The number of aliphatic carboxylic acids is 1. The molecular weight excluding hydrogens is 296 g/mol. The van der Waals surface area contributed by atoms with Gasteiger partial charge in [-0.1, -0.05) is 18.2 Å². The number of carbonyl (C=O) groups excluding carboxylic acids is 1. The van der Waals surface area contributed by atoms with Crippen molar-refractivity contribution < 1.29 is 19.4 Å². The molecule has 0 saturated heterocycles. The van der Waals surface area contributed by atoms with Gasteiger partial charge in [0.1, 0.15) is 11.6 Å². The first-order valence-electron chi connectivity index (χ1n) is 7.53. The Balaban J connectivity index is 2.00. The van der Waals surface area contributed by atoms with Crippen LogP contribution in [0.15, 0.2) is 30.5 Å². The third-order valence-corrected chi connectivity index (χ3v) is 3.37. The molecule has 3 N–H and O–H groups in total. The topological polar surface area (TPSA) is 91.4 Å². The number of ether oxygens (including phenoxy) is 1. The summed E-state index contributed by atoms with van der Waals surface area (Å²) >= 11 is 0. The molecule has 1 heterocycles. The number of benzene rings is 1. The van der Waals surface area contributed by atoms with E-state index in [9.17, 15) is 14.7 Å². The predicted octanol–water partition coefficient (Wildman–Crippen LogP) is 3.08.